The quantitative estimate of drug-likeness (QED) is 0.669. The van der Waals surface area contributed by atoms with Crippen LogP contribution < -0.4 is 0 Å². The lowest BCUT2D eigenvalue weighted by Gasteiger charge is -2.04. The van der Waals surface area contributed by atoms with Gasteiger partial charge in [0.25, 0.3) is 0 Å². The highest BCUT2D eigenvalue weighted by Crippen LogP contribution is 2.22. The molecule has 0 amide bonds. The van der Waals surface area contributed by atoms with Gasteiger partial charge in [-0.1, -0.05) is 32.0 Å². The zero-order chi connectivity index (χ0) is 16.1. The van der Waals surface area contributed by atoms with Crippen molar-refractivity contribution < 1.29 is 9.15 Å². The SMILES string of the molecule is CC(C)c1ccc(-c2nc(COCc3ccccn3)co2)cc1. The third-order valence-corrected chi connectivity index (χ3v) is 3.60. The lowest BCUT2D eigenvalue weighted by molar-refractivity contribution is 0.102. The second-order valence-corrected chi connectivity index (χ2v) is 5.73. The van der Waals surface area contributed by atoms with Crippen LogP contribution in [0.2, 0.25) is 0 Å². The van der Waals surface area contributed by atoms with Gasteiger partial charge in [0.15, 0.2) is 0 Å². The van der Waals surface area contributed by atoms with Gasteiger partial charge in [0, 0.05) is 11.8 Å². The van der Waals surface area contributed by atoms with E-state index in [1.807, 2.05) is 30.3 Å². The lowest BCUT2D eigenvalue weighted by Crippen LogP contribution is -1.96. The predicted molar refractivity (Wildman–Crippen MR) is 88.8 cm³/mol. The van der Waals surface area contributed by atoms with E-state index in [1.54, 1.807) is 12.5 Å². The molecule has 23 heavy (non-hydrogen) atoms. The van der Waals surface area contributed by atoms with Crippen molar-refractivity contribution in [1.29, 1.82) is 0 Å². The van der Waals surface area contributed by atoms with Crippen molar-refractivity contribution in [2.24, 2.45) is 0 Å². The van der Waals surface area contributed by atoms with Gasteiger partial charge < -0.3 is 9.15 Å². The molecule has 0 saturated heterocycles. The monoisotopic (exact) mass is 308 g/mol. The van der Waals surface area contributed by atoms with Crippen molar-refractivity contribution in [1.82, 2.24) is 9.97 Å². The summed E-state index contributed by atoms with van der Waals surface area (Å²) >= 11 is 0. The van der Waals surface area contributed by atoms with Crippen LogP contribution in [0.1, 0.15) is 36.7 Å². The third kappa shape index (κ3) is 4.05. The Labute approximate surface area is 136 Å². The van der Waals surface area contributed by atoms with Crippen LogP contribution in [0, 0.1) is 0 Å². The van der Waals surface area contributed by atoms with Gasteiger partial charge in [-0.05, 0) is 35.7 Å². The maximum atomic E-state index is 5.62. The summed E-state index contributed by atoms with van der Waals surface area (Å²) in [6.07, 6.45) is 3.40. The van der Waals surface area contributed by atoms with Gasteiger partial charge in [0.2, 0.25) is 5.89 Å². The normalized spacial score (nSPS) is 11.1. The van der Waals surface area contributed by atoms with Gasteiger partial charge in [-0.15, -0.1) is 0 Å². The number of pyridine rings is 1. The molecule has 0 bridgehead atoms. The average molecular weight is 308 g/mol. The molecular formula is C19H20N2O2. The molecule has 2 heterocycles. The molecule has 0 spiro atoms. The Morgan fingerprint density at radius 3 is 2.48 bits per heavy atom. The van der Waals surface area contributed by atoms with E-state index in [0.717, 1.165) is 17.0 Å². The predicted octanol–water partition coefficient (Wildman–Crippen LogP) is 4.58. The molecule has 0 N–H and O–H groups in total. The summed E-state index contributed by atoms with van der Waals surface area (Å²) in [5.74, 6) is 1.14. The Morgan fingerprint density at radius 2 is 1.78 bits per heavy atom. The number of oxazole rings is 1. The maximum absolute atomic E-state index is 5.62. The first-order chi connectivity index (χ1) is 11.2. The summed E-state index contributed by atoms with van der Waals surface area (Å²) in [6.45, 7) is 5.23. The number of hydrogen-bond acceptors (Lipinski definition) is 4. The van der Waals surface area contributed by atoms with Gasteiger partial charge in [0.05, 0.1) is 18.9 Å². The summed E-state index contributed by atoms with van der Waals surface area (Å²) in [6, 6.07) is 14.1. The van der Waals surface area contributed by atoms with Crippen molar-refractivity contribution in [2.45, 2.75) is 33.0 Å². The molecule has 0 aliphatic rings. The van der Waals surface area contributed by atoms with E-state index in [9.17, 15) is 0 Å². The number of aromatic nitrogens is 2. The van der Waals surface area contributed by atoms with E-state index < -0.39 is 0 Å². The number of nitrogens with zero attached hydrogens (tertiary/aromatic N) is 2. The van der Waals surface area contributed by atoms with Gasteiger partial charge in [-0.2, -0.15) is 0 Å². The minimum absolute atomic E-state index is 0.407. The summed E-state index contributed by atoms with van der Waals surface area (Å²) in [4.78, 5) is 8.69. The Kier molecular flexibility index (Phi) is 4.83. The molecule has 0 saturated carbocycles. The highest BCUT2D eigenvalue weighted by Gasteiger charge is 2.08. The maximum Gasteiger partial charge on any atom is 0.226 e. The fraction of sp³-hybridized carbons (Fsp3) is 0.263. The molecule has 0 fully saturated rings. The number of rotatable bonds is 6. The van der Waals surface area contributed by atoms with Crippen molar-refractivity contribution >= 4 is 0 Å². The third-order valence-electron chi connectivity index (χ3n) is 3.60. The summed E-state index contributed by atoms with van der Waals surface area (Å²) in [5, 5.41) is 0. The number of hydrogen-bond donors (Lipinski definition) is 0. The van der Waals surface area contributed by atoms with Crippen LogP contribution in [0.3, 0.4) is 0 Å². The standard InChI is InChI=1S/C19H20N2O2/c1-14(2)15-6-8-16(9-7-15)19-21-18(13-23-19)12-22-11-17-5-3-4-10-20-17/h3-10,13-14H,11-12H2,1-2H3. The van der Waals surface area contributed by atoms with Crippen LogP contribution >= 0.6 is 0 Å². The highest BCUT2D eigenvalue weighted by atomic mass is 16.5. The van der Waals surface area contributed by atoms with Crippen LogP contribution in [-0.2, 0) is 18.0 Å². The van der Waals surface area contributed by atoms with E-state index in [1.165, 1.54) is 5.56 Å². The van der Waals surface area contributed by atoms with E-state index in [4.69, 9.17) is 9.15 Å². The lowest BCUT2D eigenvalue weighted by atomic mass is 10.0. The van der Waals surface area contributed by atoms with Gasteiger partial charge in [-0.25, -0.2) is 4.98 Å². The Morgan fingerprint density at radius 1 is 1.00 bits per heavy atom. The Balaban J connectivity index is 1.59. The molecule has 118 valence electrons. The Bertz CT molecular complexity index is 734. The van der Waals surface area contributed by atoms with Crippen molar-refractivity contribution in [2.75, 3.05) is 0 Å². The zero-order valence-corrected chi connectivity index (χ0v) is 13.4. The first-order valence-electron chi connectivity index (χ1n) is 7.75. The minimum Gasteiger partial charge on any atom is -0.444 e. The molecule has 0 atom stereocenters. The van der Waals surface area contributed by atoms with Crippen molar-refractivity contribution in [3.8, 4) is 11.5 Å². The van der Waals surface area contributed by atoms with Crippen LogP contribution in [0.5, 0.6) is 0 Å². The zero-order valence-electron chi connectivity index (χ0n) is 13.4. The van der Waals surface area contributed by atoms with Crippen LogP contribution in [0.25, 0.3) is 11.5 Å². The summed E-state index contributed by atoms with van der Waals surface area (Å²) in [7, 11) is 0. The van der Waals surface area contributed by atoms with E-state index in [2.05, 4.69) is 35.9 Å². The first-order valence-corrected chi connectivity index (χ1v) is 7.75. The average Bonchev–Trinajstić information content (AvgIpc) is 3.05. The molecule has 3 aromatic rings. The largest absolute Gasteiger partial charge is 0.444 e. The molecule has 0 aliphatic carbocycles. The second kappa shape index (κ2) is 7.20. The van der Waals surface area contributed by atoms with Crippen LogP contribution in [0.15, 0.2) is 59.3 Å². The molecule has 0 radical (unpaired) electrons. The molecule has 0 unspecified atom stereocenters. The van der Waals surface area contributed by atoms with Gasteiger partial charge in [0.1, 0.15) is 12.0 Å². The summed E-state index contributed by atoms with van der Waals surface area (Å²) < 4.78 is 11.2. The van der Waals surface area contributed by atoms with E-state index in [0.29, 0.717) is 25.0 Å². The van der Waals surface area contributed by atoms with Crippen molar-refractivity contribution in [3.05, 3.63) is 71.9 Å². The smallest absolute Gasteiger partial charge is 0.226 e. The molecule has 2 aromatic heterocycles. The van der Waals surface area contributed by atoms with Crippen molar-refractivity contribution in [3.63, 3.8) is 0 Å². The molecule has 4 nitrogen and oxygen atoms in total. The topological polar surface area (TPSA) is 48.2 Å². The van der Waals surface area contributed by atoms with Gasteiger partial charge in [-0.3, -0.25) is 4.98 Å². The molecular weight excluding hydrogens is 288 g/mol. The fourth-order valence-electron chi connectivity index (χ4n) is 2.26. The fourth-order valence-corrected chi connectivity index (χ4v) is 2.26. The van der Waals surface area contributed by atoms with Gasteiger partial charge >= 0.3 is 0 Å². The van der Waals surface area contributed by atoms with E-state index in [-0.39, 0.29) is 0 Å². The molecule has 0 aliphatic heterocycles. The molecule has 4 heteroatoms. The first kappa shape index (κ1) is 15.4. The minimum atomic E-state index is 0.407. The summed E-state index contributed by atoms with van der Waals surface area (Å²) in [5.41, 5.74) is 3.97. The van der Waals surface area contributed by atoms with Crippen LogP contribution in [-0.4, -0.2) is 9.97 Å². The number of ether oxygens (including phenoxy) is 1. The Hall–Kier alpha value is -2.46. The molecule has 1 aromatic carbocycles. The molecule has 3 rings (SSSR count). The number of benzene rings is 1. The second-order valence-electron chi connectivity index (χ2n) is 5.73. The highest BCUT2D eigenvalue weighted by molar-refractivity contribution is 5.53. The van der Waals surface area contributed by atoms with E-state index >= 15 is 0 Å². The van der Waals surface area contributed by atoms with Crippen LogP contribution in [0.4, 0.5) is 0 Å².